The maximum Gasteiger partial charge on any atom is 0.339 e. The van der Waals surface area contributed by atoms with E-state index in [0.717, 1.165) is 0 Å². The SMILES string of the molecule is COc1cccc(Nc2nnc(OC)cc2C(=O)O)c1. The Morgan fingerprint density at radius 1 is 1.20 bits per heavy atom. The molecule has 0 fully saturated rings. The highest BCUT2D eigenvalue weighted by Crippen LogP contribution is 2.23. The fraction of sp³-hybridized carbons (Fsp3) is 0.154. The first kappa shape index (κ1) is 13.6. The minimum absolute atomic E-state index is 0.0281. The summed E-state index contributed by atoms with van der Waals surface area (Å²) in [7, 11) is 2.94. The van der Waals surface area contributed by atoms with E-state index in [2.05, 4.69) is 15.5 Å². The lowest BCUT2D eigenvalue weighted by molar-refractivity contribution is 0.0697. The van der Waals surface area contributed by atoms with Gasteiger partial charge in [0.25, 0.3) is 0 Å². The molecule has 1 heterocycles. The summed E-state index contributed by atoms with van der Waals surface area (Å²) in [6, 6.07) is 8.34. The average molecular weight is 275 g/mol. The smallest absolute Gasteiger partial charge is 0.339 e. The highest BCUT2D eigenvalue weighted by molar-refractivity contribution is 5.94. The molecule has 7 heteroatoms. The Morgan fingerprint density at radius 3 is 2.65 bits per heavy atom. The van der Waals surface area contributed by atoms with Gasteiger partial charge in [0, 0.05) is 17.8 Å². The van der Waals surface area contributed by atoms with Crippen LogP contribution in [0.4, 0.5) is 11.5 Å². The van der Waals surface area contributed by atoms with Crippen LogP contribution in [-0.2, 0) is 0 Å². The largest absolute Gasteiger partial charge is 0.497 e. The molecule has 0 saturated heterocycles. The van der Waals surface area contributed by atoms with Gasteiger partial charge in [0.05, 0.1) is 14.2 Å². The molecule has 0 aliphatic rings. The molecule has 0 bridgehead atoms. The summed E-state index contributed by atoms with van der Waals surface area (Å²) in [6.45, 7) is 0. The van der Waals surface area contributed by atoms with Crippen molar-refractivity contribution in [2.45, 2.75) is 0 Å². The molecule has 1 aromatic heterocycles. The van der Waals surface area contributed by atoms with Crippen LogP contribution in [0.25, 0.3) is 0 Å². The number of anilines is 2. The second-order valence-electron chi connectivity index (χ2n) is 3.81. The van der Waals surface area contributed by atoms with Gasteiger partial charge in [0.1, 0.15) is 11.3 Å². The summed E-state index contributed by atoms with van der Waals surface area (Å²) in [5.74, 6) is -0.206. The van der Waals surface area contributed by atoms with Gasteiger partial charge in [-0.2, -0.15) is 0 Å². The number of hydrogen-bond donors (Lipinski definition) is 2. The number of ether oxygens (including phenoxy) is 2. The molecule has 2 N–H and O–H groups in total. The average Bonchev–Trinajstić information content (AvgIpc) is 2.47. The topological polar surface area (TPSA) is 93.6 Å². The number of aromatic nitrogens is 2. The van der Waals surface area contributed by atoms with Crippen LogP contribution >= 0.6 is 0 Å². The van der Waals surface area contributed by atoms with Gasteiger partial charge in [-0.3, -0.25) is 0 Å². The van der Waals surface area contributed by atoms with Crippen molar-refractivity contribution in [2.75, 3.05) is 19.5 Å². The van der Waals surface area contributed by atoms with E-state index in [-0.39, 0.29) is 17.3 Å². The maximum atomic E-state index is 11.2. The van der Waals surface area contributed by atoms with E-state index >= 15 is 0 Å². The van der Waals surface area contributed by atoms with Crippen molar-refractivity contribution < 1.29 is 19.4 Å². The number of hydrogen-bond acceptors (Lipinski definition) is 6. The van der Waals surface area contributed by atoms with Crippen LogP contribution in [0.5, 0.6) is 11.6 Å². The van der Waals surface area contributed by atoms with E-state index in [1.165, 1.54) is 13.2 Å². The van der Waals surface area contributed by atoms with Crippen molar-refractivity contribution in [3.8, 4) is 11.6 Å². The first-order chi connectivity index (χ1) is 9.63. The van der Waals surface area contributed by atoms with Gasteiger partial charge in [-0.05, 0) is 12.1 Å². The second-order valence-corrected chi connectivity index (χ2v) is 3.81. The summed E-state index contributed by atoms with van der Waals surface area (Å²) >= 11 is 0. The fourth-order valence-corrected chi connectivity index (χ4v) is 1.57. The zero-order valence-electron chi connectivity index (χ0n) is 11.0. The number of nitrogens with one attached hydrogen (secondary N) is 1. The monoisotopic (exact) mass is 275 g/mol. The Labute approximate surface area is 115 Å². The van der Waals surface area contributed by atoms with E-state index < -0.39 is 5.97 Å². The first-order valence-electron chi connectivity index (χ1n) is 5.70. The van der Waals surface area contributed by atoms with Crippen LogP contribution in [0.3, 0.4) is 0 Å². The van der Waals surface area contributed by atoms with E-state index in [9.17, 15) is 9.90 Å². The summed E-state index contributed by atoms with van der Waals surface area (Å²) in [4.78, 5) is 11.2. The van der Waals surface area contributed by atoms with Gasteiger partial charge in [0.2, 0.25) is 5.88 Å². The lowest BCUT2D eigenvalue weighted by atomic mass is 10.2. The minimum atomic E-state index is -1.12. The Balaban J connectivity index is 2.34. The zero-order valence-corrected chi connectivity index (χ0v) is 11.0. The van der Waals surface area contributed by atoms with Crippen LogP contribution in [-0.4, -0.2) is 35.5 Å². The third kappa shape index (κ3) is 2.94. The normalized spacial score (nSPS) is 9.90. The zero-order chi connectivity index (χ0) is 14.5. The summed E-state index contributed by atoms with van der Waals surface area (Å²) in [5, 5.41) is 19.6. The summed E-state index contributed by atoms with van der Waals surface area (Å²) in [5.41, 5.74) is 0.617. The number of aromatic carboxylic acids is 1. The number of carboxylic acid groups (broad SMARTS) is 1. The van der Waals surface area contributed by atoms with Crippen LogP contribution in [0.2, 0.25) is 0 Å². The molecule has 1 aromatic carbocycles. The van der Waals surface area contributed by atoms with Crippen molar-refractivity contribution in [3.63, 3.8) is 0 Å². The van der Waals surface area contributed by atoms with Crippen molar-refractivity contribution >= 4 is 17.5 Å². The van der Waals surface area contributed by atoms with Gasteiger partial charge < -0.3 is 19.9 Å². The molecule has 20 heavy (non-hydrogen) atoms. The third-order valence-corrected chi connectivity index (χ3v) is 2.54. The van der Waals surface area contributed by atoms with Crippen molar-refractivity contribution in [3.05, 3.63) is 35.9 Å². The molecule has 2 rings (SSSR count). The molecular weight excluding hydrogens is 262 g/mol. The number of methoxy groups -OCH3 is 2. The van der Waals surface area contributed by atoms with Gasteiger partial charge in [-0.1, -0.05) is 6.07 Å². The number of carbonyl (C=O) groups is 1. The van der Waals surface area contributed by atoms with Crippen LogP contribution in [0.15, 0.2) is 30.3 Å². The van der Waals surface area contributed by atoms with Gasteiger partial charge in [-0.15, -0.1) is 10.2 Å². The number of carboxylic acids is 1. The molecule has 0 atom stereocenters. The standard InChI is InChI=1S/C13H13N3O4/c1-19-9-5-3-4-8(6-9)14-12-10(13(17)18)7-11(20-2)15-16-12/h3-7H,1-2H3,(H,14,16)(H,17,18). The van der Waals surface area contributed by atoms with Gasteiger partial charge in [-0.25, -0.2) is 4.79 Å². The molecule has 104 valence electrons. The number of rotatable bonds is 5. The summed E-state index contributed by atoms with van der Waals surface area (Å²) in [6.07, 6.45) is 0. The molecule has 0 unspecified atom stereocenters. The Morgan fingerprint density at radius 2 is 2.00 bits per heavy atom. The first-order valence-corrected chi connectivity index (χ1v) is 5.70. The van der Waals surface area contributed by atoms with Crippen molar-refractivity contribution in [1.29, 1.82) is 0 Å². The van der Waals surface area contributed by atoms with E-state index in [1.54, 1.807) is 31.4 Å². The predicted octanol–water partition coefficient (Wildman–Crippen LogP) is 1.94. The van der Waals surface area contributed by atoms with Gasteiger partial charge in [0.15, 0.2) is 5.82 Å². The minimum Gasteiger partial charge on any atom is -0.497 e. The lowest BCUT2D eigenvalue weighted by Gasteiger charge is -2.09. The van der Waals surface area contributed by atoms with Crippen LogP contribution in [0, 0.1) is 0 Å². The summed E-state index contributed by atoms with van der Waals surface area (Å²) < 4.78 is 9.96. The molecule has 2 aromatic rings. The molecule has 0 aliphatic heterocycles. The van der Waals surface area contributed by atoms with E-state index in [4.69, 9.17) is 9.47 Å². The number of benzene rings is 1. The van der Waals surface area contributed by atoms with Crippen molar-refractivity contribution in [2.24, 2.45) is 0 Å². The lowest BCUT2D eigenvalue weighted by Crippen LogP contribution is -2.07. The molecular formula is C13H13N3O4. The highest BCUT2D eigenvalue weighted by Gasteiger charge is 2.14. The van der Waals surface area contributed by atoms with Crippen molar-refractivity contribution in [1.82, 2.24) is 10.2 Å². The van der Waals surface area contributed by atoms with E-state index in [1.807, 2.05) is 0 Å². The molecule has 0 radical (unpaired) electrons. The maximum absolute atomic E-state index is 11.2. The molecule has 0 spiro atoms. The third-order valence-electron chi connectivity index (χ3n) is 2.54. The Hall–Kier alpha value is -2.83. The molecule has 7 nitrogen and oxygen atoms in total. The predicted molar refractivity (Wildman–Crippen MR) is 71.8 cm³/mol. The van der Waals surface area contributed by atoms with Crippen LogP contribution < -0.4 is 14.8 Å². The molecule has 0 amide bonds. The van der Waals surface area contributed by atoms with E-state index in [0.29, 0.717) is 11.4 Å². The molecule has 0 aliphatic carbocycles. The highest BCUT2D eigenvalue weighted by atomic mass is 16.5. The Bertz CT molecular complexity index is 631. The number of nitrogens with zero attached hydrogens (tertiary/aromatic N) is 2. The van der Waals surface area contributed by atoms with Crippen LogP contribution in [0.1, 0.15) is 10.4 Å². The second kappa shape index (κ2) is 5.87. The Kier molecular flexibility index (Phi) is 3.99. The quantitative estimate of drug-likeness (QED) is 0.861. The van der Waals surface area contributed by atoms with Gasteiger partial charge >= 0.3 is 5.97 Å². The fourth-order valence-electron chi connectivity index (χ4n) is 1.57. The molecule has 0 saturated carbocycles.